The van der Waals surface area contributed by atoms with Crippen molar-refractivity contribution >= 4 is 26.0 Å². The predicted octanol–water partition coefficient (Wildman–Crippen LogP) is 1.67. The topological polar surface area (TPSA) is 73.2 Å². The molecule has 0 aliphatic carbocycles. The molecule has 2 atom stereocenters. The van der Waals surface area contributed by atoms with Gasteiger partial charge in [0.05, 0.1) is 4.90 Å². The fourth-order valence-corrected chi connectivity index (χ4v) is 4.01. The van der Waals surface area contributed by atoms with E-state index in [2.05, 4.69) is 26.8 Å². The van der Waals surface area contributed by atoms with Gasteiger partial charge in [-0.05, 0) is 31.5 Å². The fraction of sp³-hybridized carbons (Fsp3) is 0.417. The van der Waals surface area contributed by atoms with Crippen LogP contribution in [-0.2, 0) is 10.0 Å². The molecule has 0 amide bonds. The van der Waals surface area contributed by atoms with Gasteiger partial charge < -0.3 is 4.90 Å². The molecule has 0 saturated carbocycles. The van der Waals surface area contributed by atoms with Crippen LogP contribution in [-0.4, -0.2) is 31.9 Å². The van der Waals surface area contributed by atoms with Crippen LogP contribution in [0.25, 0.3) is 0 Å². The Morgan fingerprint density at radius 1 is 1.53 bits per heavy atom. The van der Waals surface area contributed by atoms with Crippen molar-refractivity contribution in [1.29, 1.82) is 5.26 Å². The molecule has 1 aliphatic rings. The molecule has 2 unspecified atom stereocenters. The summed E-state index contributed by atoms with van der Waals surface area (Å²) >= 11 is 3.25. The molecule has 0 radical (unpaired) electrons. The van der Waals surface area contributed by atoms with Crippen LogP contribution in [0.1, 0.15) is 13.3 Å². The molecule has 5 nitrogen and oxygen atoms in total. The Morgan fingerprint density at radius 2 is 2.26 bits per heavy atom. The summed E-state index contributed by atoms with van der Waals surface area (Å²) in [5.74, 6) is 0. The van der Waals surface area contributed by atoms with Gasteiger partial charge in [-0.25, -0.2) is 13.1 Å². The first-order chi connectivity index (χ1) is 8.92. The second kappa shape index (κ2) is 5.49. The Balaban J connectivity index is 2.13. The average molecular weight is 344 g/mol. The van der Waals surface area contributed by atoms with Crippen molar-refractivity contribution in [2.45, 2.75) is 30.3 Å². The summed E-state index contributed by atoms with van der Waals surface area (Å²) in [6.07, 6.45) is 2.71. The highest BCUT2D eigenvalue weighted by Gasteiger charge is 2.31. The molecule has 2 rings (SSSR count). The Bertz CT molecular complexity index is 612. The molecule has 19 heavy (non-hydrogen) atoms. The van der Waals surface area contributed by atoms with E-state index in [4.69, 9.17) is 5.26 Å². The zero-order valence-electron chi connectivity index (χ0n) is 10.4. The Hall–Kier alpha value is -1.10. The zero-order valence-corrected chi connectivity index (χ0v) is 12.8. The summed E-state index contributed by atoms with van der Waals surface area (Å²) in [6, 6.07) is 6.40. The minimum atomic E-state index is -3.54. The average Bonchev–Trinajstić information content (AvgIpc) is 2.68. The largest absolute Gasteiger partial charge is 0.306 e. The number of hydrogen-bond acceptors (Lipinski definition) is 4. The third kappa shape index (κ3) is 3.26. The molecule has 1 aromatic carbocycles. The molecule has 0 spiro atoms. The van der Waals surface area contributed by atoms with Crippen LogP contribution in [0.2, 0.25) is 0 Å². The van der Waals surface area contributed by atoms with E-state index < -0.39 is 10.0 Å². The number of benzene rings is 1. The normalized spacial score (nSPS) is 23.3. The van der Waals surface area contributed by atoms with Crippen molar-refractivity contribution in [3.63, 3.8) is 0 Å². The van der Waals surface area contributed by atoms with Crippen molar-refractivity contribution in [3.05, 3.63) is 28.7 Å². The number of sulfonamides is 1. The Labute approximate surface area is 121 Å². The van der Waals surface area contributed by atoms with E-state index in [0.29, 0.717) is 17.4 Å². The molecule has 102 valence electrons. The molecule has 1 N–H and O–H groups in total. The van der Waals surface area contributed by atoms with Crippen molar-refractivity contribution in [2.75, 3.05) is 6.54 Å². The molecule has 1 aliphatic heterocycles. The first kappa shape index (κ1) is 14.3. The van der Waals surface area contributed by atoms with Crippen molar-refractivity contribution < 1.29 is 8.42 Å². The number of nitriles is 1. The van der Waals surface area contributed by atoms with Crippen molar-refractivity contribution in [2.24, 2.45) is 0 Å². The Kier molecular flexibility index (Phi) is 4.13. The SMILES string of the molecule is CC1CC(NS(=O)(=O)c2cccc(Br)c2)CN1C#N. The molecule has 0 bridgehead atoms. The standard InChI is InChI=1S/C12H14BrN3O2S/c1-9-5-11(7-16(9)8-14)15-19(17,18)12-4-2-3-10(13)6-12/h2-4,6,9,11,15H,5,7H2,1H3. The first-order valence-electron chi connectivity index (χ1n) is 5.86. The smallest absolute Gasteiger partial charge is 0.240 e. The highest BCUT2D eigenvalue weighted by atomic mass is 79.9. The lowest BCUT2D eigenvalue weighted by molar-refractivity contribution is 0.386. The van der Waals surface area contributed by atoms with E-state index in [1.807, 2.05) is 6.92 Å². The lowest BCUT2D eigenvalue weighted by atomic mass is 10.2. The van der Waals surface area contributed by atoms with Crippen LogP contribution in [0.5, 0.6) is 0 Å². The van der Waals surface area contributed by atoms with Gasteiger partial charge in [-0.15, -0.1) is 0 Å². The lowest BCUT2D eigenvalue weighted by Crippen LogP contribution is -2.36. The van der Waals surface area contributed by atoms with Gasteiger partial charge >= 0.3 is 0 Å². The molecule has 1 fully saturated rings. The number of rotatable bonds is 3. The van der Waals surface area contributed by atoms with Gasteiger partial charge in [-0.1, -0.05) is 22.0 Å². The number of likely N-dealkylation sites (tertiary alicyclic amines) is 1. The van der Waals surface area contributed by atoms with Gasteiger partial charge in [-0.2, -0.15) is 5.26 Å². The van der Waals surface area contributed by atoms with Gasteiger partial charge in [0.25, 0.3) is 0 Å². The number of nitrogens with zero attached hydrogens (tertiary/aromatic N) is 2. The molecule has 1 heterocycles. The van der Waals surface area contributed by atoms with Crippen LogP contribution >= 0.6 is 15.9 Å². The van der Waals surface area contributed by atoms with Crippen LogP contribution in [0.15, 0.2) is 33.6 Å². The summed E-state index contributed by atoms with van der Waals surface area (Å²) in [7, 11) is -3.54. The molecule has 0 aromatic heterocycles. The summed E-state index contributed by atoms with van der Waals surface area (Å²) in [5.41, 5.74) is 0. The molecule has 1 saturated heterocycles. The van der Waals surface area contributed by atoms with Crippen LogP contribution in [0.4, 0.5) is 0 Å². The second-order valence-corrected chi connectivity index (χ2v) is 7.24. The summed E-state index contributed by atoms with van der Waals surface area (Å²) in [6.45, 7) is 2.33. The summed E-state index contributed by atoms with van der Waals surface area (Å²) in [5, 5.41) is 8.90. The quantitative estimate of drug-likeness (QED) is 0.847. The van der Waals surface area contributed by atoms with Crippen molar-refractivity contribution in [1.82, 2.24) is 9.62 Å². The van der Waals surface area contributed by atoms with E-state index in [0.717, 1.165) is 0 Å². The summed E-state index contributed by atoms with van der Waals surface area (Å²) in [4.78, 5) is 1.82. The maximum absolute atomic E-state index is 12.2. The highest BCUT2D eigenvalue weighted by molar-refractivity contribution is 9.10. The van der Waals surface area contributed by atoms with E-state index in [-0.39, 0.29) is 17.0 Å². The maximum atomic E-state index is 12.2. The Morgan fingerprint density at radius 3 is 2.84 bits per heavy atom. The van der Waals surface area contributed by atoms with E-state index in [1.54, 1.807) is 29.2 Å². The fourth-order valence-electron chi connectivity index (χ4n) is 2.18. The summed E-state index contributed by atoms with van der Waals surface area (Å²) < 4.78 is 27.8. The number of nitrogens with one attached hydrogen (secondary N) is 1. The third-order valence-corrected chi connectivity index (χ3v) is 5.14. The minimum Gasteiger partial charge on any atom is -0.306 e. The molecule has 1 aromatic rings. The van der Waals surface area contributed by atoms with Gasteiger partial charge in [0.15, 0.2) is 6.19 Å². The number of halogens is 1. The van der Waals surface area contributed by atoms with E-state index in [1.165, 1.54) is 0 Å². The van der Waals surface area contributed by atoms with Gasteiger partial charge in [-0.3, -0.25) is 0 Å². The predicted molar refractivity (Wildman–Crippen MR) is 74.6 cm³/mol. The highest BCUT2D eigenvalue weighted by Crippen LogP contribution is 2.20. The molecular formula is C12H14BrN3O2S. The zero-order chi connectivity index (χ0) is 14.0. The monoisotopic (exact) mass is 343 g/mol. The van der Waals surface area contributed by atoms with Crippen molar-refractivity contribution in [3.8, 4) is 6.19 Å². The van der Waals surface area contributed by atoms with Gasteiger partial charge in [0.2, 0.25) is 10.0 Å². The van der Waals surface area contributed by atoms with Gasteiger partial charge in [0.1, 0.15) is 0 Å². The maximum Gasteiger partial charge on any atom is 0.240 e. The van der Waals surface area contributed by atoms with Crippen LogP contribution in [0.3, 0.4) is 0 Å². The third-order valence-electron chi connectivity index (χ3n) is 3.13. The van der Waals surface area contributed by atoms with Crippen LogP contribution < -0.4 is 4.72 Å². The second-order valence-electron chi connectivity index (χ2n) is 4.61. The van der Waals surface area contributed by atoms with Gasteiger partial charge in [0, 0.05) is 23.1 Å². The lowest BCUT2D eigenvalue weighted by Gasteiger charge is -2.13. The van der Waals surface area contributed by atoms with E-state index in [9.17, 15) is 8.42 Å². The van der Waals surface area contributed by atoms with Crippen LogP contribution in [0, 0.1) is 11.5 Å². The molecule has 7 heteroatoms. The minimum absolute atomic E-state index is 0.0696. The molecular weight excluding hydrogens is 330 g/mol. The van der Waals surface area contributed by atoms with E-state index >= 15 is 0 Å². The number of hydrogen-bond donors (Lipinski definition) is 1. The first-order valence-corrected chi connectivity index (χ1v) is 8.14.